The fourth-order valence-electron chi connectivity index (χ4n) is 1.55. The molecule has 0 fully saturated rings. The zero-order valence-corrected chi connectivity index (χ0v) is 18.0. The molecule has 0 bridgehead atoms. The summed E-state index contributed by atoms with van der Waals surface area (Å²) in [5, 5.41) is 0. The zero-order valence-electron chi connectivity index (χ0n) is 12.5. The Morgan fingerprint density at radius 2 is 1.16 bits per heavy atom. The minimum Gasteiger partial charge on any atom is -0.381 e. The first-order chi connectivity index (χ1) is 8.61. The summed E-state index contributed by atoms with van der Waals surface area (Å²) in [5.41, 5.74) is 8.72. The minimum absolute atomic E-state index is 0. The van der Waals surface area contributed by atoms with E-state index in [-0.39, 0.29) is 27.7 Å². The fourth-order valence-corrected chi connectivity index (χ4v) is 1.55. The van der Waals surface area contributed by atoms with Crippen molar-refractivity contribution in [3.05, 3.63) is 59.3 Å². The van der Waals surface area contributed by atoms with E-state index in [1.54, 1.807) is 0 Å². The summed E-state index contributed by atoms with van der Waals surface area (Å²) in [6.45, 7) is 0. The van der Waals surface area contributed by atoms with Crippen molar-refractivity contribution in [2.75, 3.05) is 28.2 Å². The van der Waals surface area contributed by atoms with Crippen molar-refractivity contribution >= 4 is 0 Å². The Hall–Kier alpha value is -0.945. The first-order valence-corrected chi connectivity index (χ1v) is 6.16. The number of allylic oxidation sites excluding steroid dienone is 4. The molecule has 0 saturated carbocycles. The molecule has 0 spiro atoms. The molecular weight excluding hydrogens is 421 g/mol. The van der Waals surface area contributed by atoms with E-state index in [0.29, 0.717) is 0 Å². The van der Waals surface area contributed by atoms with Gasteiger partial charge in [0.2, 0.25) is 0 Å². The largest absolute Gasteiger partial charge is 0.381 e. The maximum absolute atomic E-state index is 3.02. The van der Waals surface area contributed by atoms with Gasteiger partial charge in [0, 0.05) is 80.1 Å². The first-order valence-electron chi connectivity index (χ1n) is 6.16. The average Bonchev–Trinajstić information content (AvgIpc) is 2.41. The van der Waals surface area contributed by atoms with Crippen molar-refractivity contribution in [2.45, 2.75) is 12.8 Å². The molecule has 0 aliphatic heterocycles. The van der Waals surface area contributed by atoms with Crippen molar-refractivity contribution in [1.82, 2.24) is 9.80 Å². The Bertz CT molecular complexity index is 411. The normalized spacial score (nSPS) is 14.7. The molecule has 2 rings (SSSR count). The van der Waals surface area contributed by atoms with Gasteiger partial charge in [-0.2, -0.15) is 0 Å². The van der Waals surface area contributed by atoms with E-state index in [2.05, 4.69) is 61.6 Å². The summed E-state index contributed by atoms with van der Waals surface area (Å²) >= 11 is 0. The second-order valence-electron chi connectivity index (χ2n) is 4.59. The van der Waals surface area contributed by atoms with Gasteiger partial charge in [-0.25, -0.2) is 0 Å². The standard InChI is InChI=1S/2C8H11N.Hg/c2*1-9(2)8-6-4-3-5-7-8;/h2*4-6H,7H2,1-2H3;. The SMILES string of the molecule is CN(C)C1=CC=C=CC1.CN(C)C1=CC=C=CC1.[Hg]. The summed E-state index contributed by atoms with van der Waals surface area (Å²) < 4.78 is 0. The Morgan fingerprint density at radius 3 is 1.32 bits per heavy atom. The Balaban J connectivity index is 0.000000324. The van der Waals surface area contributed by atoms with Crippen LogP contribution in [0.15, 0.2) is 59.3 Å². The molecule has 0 heterocycles. The molecule has 0 unspecified atom stereocenters. The van der Waals surface area contributed by atoms with Gasteiger partial charge in [-0.1, -0.05) is 0 Å². The topological polar surface area (TPSA) is 6.48 Å². The van der Waals surface area contributed by atoms with Crippen LogP contribution in [0.5, 0.6) is 0 Å². The van der Waals surface area contributed by atoms with E-state index in [0.717, 1.165) is 12.8 Å². The molecule has 0 atom stereocenters. The zero-order chi connectivity index (χ0) is 13.4. The molecule has 0 saturated heterocycles. The average molecular weight is 443 g/mol. The molecule has 2 nitrogen and oxygen atoms in total. The third kappa shape index (κ3) is 7.27. The molecule has 2 aliphatic rings. The molecule has 98 valence electrons. The molecule has 0 amide bonds. The van der Waals surface area contributed by atoms with Crippen LogP contribution in [-0.2, 0) is 27.7 Å². The van der Waals surface area contributed by atoms with Crippen molar-refractivity contribution < 1.29 is 27.7 Å². The summed E-state index contributed by atoms with van der Waals surface area (Å²) in [7, 11) is 8.22. The van der Waals surface area contributed by atoms with Crippen LogP contribution in [0.2, 0.25) is 0 Å². The third-order valence-electron chi connectivity index (χ3n) is 2.75. The maximum Gasteiger partial charge on any atom is 0.0178 e. The van der Waals surface area contributed by atoms with E-state index >= 15 is 0 Å². The first kappa shape index (κ1) is 18.1. The third-order valence-corrected chi connectivity index (χ3v) is 2.75. The van der Waals surface area contributed by atoms with Gasteiger partial charge >= 0.3 is 0 Å². The second-order valence-corrected chi connectivity index (χ2v) is 4.59. The van der Waals surface area contributed by atoms with Gasteiger partial charge < -0.3 is 9.80 Å². The maximum atomic E-state index is 3.02. The molecule has 3 heteroatoms. The van der Waals surface area contributed by atoms with Gasteiger partial charge in [0.05, 0.1) is 0 Å². The number of hydrogen-bond acceptors (Lipinski definition) is 2. The van der Waals surface area contributed by atoms with E-state index < -0.39 is 0 Å². The predicted octanol–water partition coefficient (Wildman–Crippen LogP) is 3.09. The Kier molecular flexibility index (Phi) is 9.42. The van der Waals surface area contributed by atoms with Crippen LogP contribution >= 0.6 is 0 Å². The van der Waals surface area contributed by atoms with E-state index in [1.807, 2.05) is 24.3 Å². The second kappa shape index (κ2) is 9.92. The van der Waals surface area contributed by atoms with E-state index in [9.17, 15) is 0 Å². The van der Waals surface area contributed by atoms with Crippen molar-refractivity contribution in [3.8, 4) is 0 Å². The summed E-state index contributed by atoms with van der Waals surface area (Å²) in [5.74, 6) is 0. The summed E-state index contributed by atoms with van der Waals surface area (Å²) in [6, 6.07) is 0. The van der Waals surface area contributed by atoms with Crippen molar-refractivity contribution in [2.24, 2.45) is 0 Å². The van der Waals surface area contributed by atoms with Gasteiger partial charge in [0.25, 0.3) is 0 Å². The smallest absolute Gasteiger partial charge is 0.0178 e. The Morgan fingerprint density at radius 1 is 0.789 bits per heavy atom. The Labute approximate surface area is 137 Å². The summed E-state index contributed by atoms with van der Waals surface area (Å²) in [4.78, 5) is 4.24. The molecule has 0 N–H and O–H groups in total. The number of nitrogens with zero attached hydrogens (tertiary/aromatic N) is 2. The molecule has 2 aliphatic carbocycles. The van der Waals surface area contributed by atoms with Gasteiger partial charge in [-0.05, 0) is 36.5 Å². The van der Waals surface area contributed by atoms with Crippen LogP contribution < -0.4 is 0 Å². The molecular formula is C16H22HgN2. The van der Waals surface area contributed by atoms with Gasteiger partial charge in [0.1, 0.15) is 0 Å². The van der Waals surface area contributed by atoms with Crippen LogP contribution in [0.25, 0.3) is 0 Å². The predicted molar refractivity (Wildman–Crippen MR) is 78.1 cm³/mol. The van der Waals surface area contributed by atoms with Gasteiger partial charge in [0.15, 0.2) is 0 Å². The van der Waals surface area contributed by atoms with Gasteiger partial charge in [-0.15, -0.1) is 11.5 Å². The quantitative estimate of drug-likeness (QED) is 0.479. The van der Waals surface area contributed by atoms with Gasteiger partial charge in [-0.3, -0.25) is 0 Å². The molecule has 0 aromatic heterocycles. The monoisotopic (exact) mass is 444 g/mol. The van der Waals surface area contributed by atoms with Crippen LogP contribution in [0.3, 0.4) is 0 Å². The van der Waals surface area contributed by atoms with Crippen LogP contribution in [0, 0.1) is 0 Å². The fraction of sp³-hybridized carbons (Fsp3) is 0.375. The van der Waals surface area contributed by atoms with Crippen molar-refractivity contribution in [1.29, 1.82) is 0 Å². The van der Waals surface area contributed by atoms with E-state index in [4.69, 9.17) is 0 Å². The number of hydrogen-bond donors (Lipinski definition) is 0. The molecule has 0 radical (unpaired) electrons. The van der Waals surface area contributed by atoms with Crippen LogP contribution in [-0.4, -0.2) is 38.0 Å². The van der Waals surface area contributed by atoms with E-state index in [1.165, 1.54) is 11.4 Å². The minimum atomic E-state index is 0. The number of rotatable bonds is 2. The summed E-state index contributed by atoms with van der Waals surface area (Å²) in [6.07, 6.45) is 14.2. The molecule has 0 aromatic rings. The van der Waals surface area contributed by atoms with Crippen LogP contribution in [0.4, 0.5) is 0 Å². The molecule has 19 heavy (non-hydrogen) atoms. The molecule has 0 aromatic carbocycles. The van der Waals surface area contributed by atoms with Crippen LogP contribution in [0.1, 0.15) is 12.8 Å². The van der Waals surface area contributed by atoms with Crippen molar-refractivity contribution in [3.63, 3.8) is 0 Å².